The van der Waals surface area contributed by atoms with Crippen molar-refractivity contribution in [2.24, 2.45) is 7.05 Å². The fourth-order valence-corrected chi connectivity index (χ4v) is 1.81. The molecular weight excluding hydrogens is 293 g/mol. The van der Waals surface area contributed by atoms with Gasteiger partial charge in [-0.25, -0.2) is 9.18 Å². The molecule has 0 aliphatic rings. The molecule has 1 N–H and O–H groups in total. The van der Waals surface area contributed by atoms with E-state index in [2.05, 4.69) is 15.2 Å². The zero-order valence-corrected chi connectivity index (χ0v) is 12.2. The number of anilines is 1. The van der Waals surface area contributed by atoms with Crippen molar-refractivity contribution in [3.8, 4) is 5.75 Å². The van der Waals surface area contributed by atoms with Gasteiger partial charge in [-0.3, -0.25) is 9.48 Å². The van der Waals surface area contributed by atoms with Gasteiger partial charge in [-0.15, -0.1) is 0 Å². The lowest BCUT2D eigenvalue weighted by Gasteiger charge is -2.08. The van der Waals surface area contributed by atoms with Gasteiger partial charge in [0.05, 0.1) is 18.5 Å². The summed E-state index contributed by atoms with van der Waals surface area (Å²) in [7, 11) is 2.76. The highest BCUT2D eigenvalue weighted by molar-refractivity contribution is 6.03. The van der Waals surface area contributed by atoms with Gasteiger partial charge in [0, 0.05) is 13.1 Å². The molecule has 0 unspecified atom stereocenters. The number of carbonyl (C=O) groups excluding carboxylic acids is 2. The van der Waals surface area contributed by atoms with Crippen LogP contribution in [-0.4, -0.2) is 29.0 Å². The number of carbonyl (C=O) groups is 2. The highest BCUT2D eigenvalue weighted by Crippen LogP contribution is 2.22. The predicted octanol–water partition coefficient (Wildman–Crippen LogP) is 2.27. The number of hydrogen-bond acceptors (Lipinski definition) is 5. The van der Waals surface area contributed by atoms with Crippen LogP contribution in [0.5, 0.6) is 5.75 Å². The van der Waals surface area contributed by atoms with E-state index in [4.69, 9.17) is 4.74 Å². The summed E-state index contributed by atoms with van der Waals surface area (Å²) in [6.07, 6.45) is -0.939. The van der Waals surface area contributed by atoms with Crippen molar-refractivity contribution in [1.82, 2.24) is 9.78 Å². The van der Waals surface area contributed by atoms with Crippen LogP contribution in [0, 0.1) is 12.7 Å². The molecule has 0 spiro atoms. The summed E-state index contributed by atoms with van der Waals surface area (Å²) in [6, 6.07) is 5.08. The highest BCUT2D eigenvalue weighted by Gasteiger charge is 2.15. The van der Waals surface area contributed by atoms with Crippen LogP contribution in [0.25, 0.3) is 0 Å². The molecule has 0 atom stereocenters. The number of aryl methyl sites for hydroxylation is 2. The highest BCUT2D eigenvalue weighted by atomic mass is 19.1. The van der Waals surface area contributed by atoms with Crippen molar-refractivity contribution in [3.05, 3.63) is 41.5 Å². The first-order valence-corrected chi connectivity index (χ1v) is 6.28. The lowest BCUT2D eigenvalue weighted by atomic mass is 10.2. The first kappa shape index (κ1) is 15.5. The van der Waals surface area contributed by atoms with Crippen LogP contribution in [0.15, 0.2) is 24.3 Å². The fourth-order valence-electron chi connectivity index (χ4n) is 1.81. The zero-order valence-electron chi connectivity index (χ0n) is 12.2. The van der Waals surface area contributed by atoms with E-state index in [0.717, 1.165) is 13.2 Å². The standard InChI is InChI=1S/C14H14FN3O4/c1-8-6-12(18(2)17-8)13(19)16-11-7-9(4-5-10(11)15)22-14(20)21-3/h4-7H,1-3H3,(H,16,19). The van der Waals surface area contributed by atoms with Gasteiger partial charge in [-0.05, 0) is 25.1 Å². The lowest BCUT2D eigenvalue weighted by Crippen LogP contribution is -2.17. The van der Waals surface area contributed by atoms with Crippen LogP contribution in [0.1, 0.15) is 16.2 Å². The molecular formula is C14H14FN3O4. The summed E-state index contributed by atoms with van der Waals surface area (Å²) in [5.74, 6) is -1.15. The smallest absolute Gasteiger partial charge is 0.437 e. The minimum atomic E-state index is -0.939. The van der Waals surface area contributed by atoms with Crippen LogP contribution < -0.4 is 10.1 Å². The van der Waals surface area contributed by atoms with E-state index < -0.39 is 17.9 Å². The Hall–Kier alpha value is -2.90. The third-order valence-corrected chi connectivity index (χ3v) is 2.79. The molecule has 8 heteroatoms. The third-order valence-electron chi connectivity index (χ3n) is 2.79. The number of methoxy groups -OCH3 is 1. The second-order valence-corrected chi connectivity index (χ2v) is 4.45. The molecule has 0 saturated carbocycles. The maximum Gasteiger partial charge on any atom is 0.513 e. The number of rotatable bonds is 3. The van der Waals surface area contributed by atoms with Crippen molar-refractivity contribution >= 4 is 17.7 Å². The lowest BCUT2D eigenvalue weighted by molar-refractivity contribution is 0.101. The van der Waals surface area contributed by atoms with Gasteiger partial charge in [0.1, 0.15) is 17.3 Å². The van der Waals surface area contributed by atoms with Crippen LogP contribution in [-0.2, 0) is 11.8 Å². The number of benzene rings is 1. The topological polar surface area (TPSA) is 82.4 Å². The first-order chi connectivity index (χ1) is 10.4. The second-order valence-electron chi connectivity index (χ2n) is 4.45. The number of hydrogen-bond donors (Lipinski definition) is 1. The minimum absolute atomic E-state index is 0.0461. The zero-order chi connectivity index (χ0) is 16.3. The van der Waals surface area contributed by atoms with Gasteiger partial charge in [0.15, 0.2) is 0 Å². The van der Waals surface area contributed by atoms with Crippen molar-refractivity contribution in [2.45, 2.75) is 6.92 Å². The summed E-state index contributed by atoms with van der Waals surface area (Å²) in [6.45, 7) is 1.74. The van der Waals surface area contributed by atoms with Gasteiger partial charge < -0.3 is 14.8 Å². The average molecular weight is 307 g/mol. The summed E-state index contributed by atoms with van der Waals surface area (Å²) in [5, 5.41) is 6.45. The molecule has 0 radical (unpaired) electrons. The number of amides is 1. The van der Waals surface area contributed by atoms with Crippen LogP contribution in [0.4, 0.5) is 14.9 Å². The molecule has 1 heterocycles. The molecule has 22 heavy (non-hydrogen) atoms. The Labute approximate surface area is 125 Å². The number of ether oxygens (including phenoxy) is 2. The maximum absolute atomic E-state index is 13.8. The van der Waals surface area contributed by atoms with E-state index in [0.29, 0.717) is 5.69 Å². The fraction of sp³-hybridized carbons (Fsp3) is 0.214. The molecule has 0 saturated heterocycles. The Morgan fingerprint density at radius 1 is 1.32 bits per heavy atom. The first-order valence-electron chi connectivity index (χ1n) is 6.28. The van der Waals surface area contributed by atoms with Crippen LogP contribution >= 0.6 is 0 Å². The monoisotopic (exact) mass is 307 g/mol. The quantitative estimate of drug-likeness (QED) is 0.695. The van der Waals surface area contributed by atoms with Crippen LogP contribution in [0.2, 0.25) is 0 Å². The molecule has 0 aliphatic heterocycles. The largest absolute Gasteiger partial charge is 0.513 e. The Bertz CT molecular complexity index is 727. The SMILES string of the molecule is COC(=O)Oc1ccc(F)c(NC(=O)c2cc(C)nn2C)c1. The molecule has 0 aliphatic carbocycles. The predicted molar refractivity (Wildman–Crippen MR) is 75.3 cm³/mol. The Morgan fingerprint density at radius 2 is 2.05 bits per heavy atom. The molecule has 1 amide bonds. The van der Waals surface area contributed by atoms with E-state index in [9.17, 15) is 14.0 Å². The van der Waals surface area contributed by atoms with Crippen LogP contribution in [0.3, 0.4) is 0 Å². The van der Waals surface area contributed by atoms with E-state index >= 15 is 0 Å². The van der Waals surface area contributed by atoms with E-state index in [1.165, 1.54) is 16.8 Å². The van der Waals surface area contributed by atoms with E-state index in [1.54, 1.807) is 20.0 Å². The number of nitrogens with zero attached hydrogens (tertiary/aromatic N) is 2. The number of aromatic nitrogens is 2. The van der Waals surface area contributed by atoms with Gasteiger partial charge in [-0.1, -0.05) is 0 Å². The summed E-state index contributed by atoms with van der Waals surface area (Å²) >= 11 is 0. The van der Waals surface area contributed by atoms with E-state index in [-0.39, 0.29) is 17.1 Å². The summed E-state index contributed by atoms with van der Waals surface area (Å²) in [5.41, 5.74) is 0.817. The molecule has 0 bridgehead atoms. The summed E-state index contributed by atoms with van der Waals surface area (Å²) < 4.78 is 24.3. The third kappa shape index (κ3) is 3.40. The van der Waals surface area contributed by atoms with Gasteiger partial charge in [0.25, 0.3) is 5.91 Å². The Morgan fingerprint density at radius 3 is 2.64 bits per heavy atom. The van der Waals surface area contributed by atoms with Crippen molar-refractivity contribution < 1.29 is 23.5 Å². The molecule has 116 valence electrons. The van der Waals surface area contributed by atoms with Gasteiger partial charge in [0.2, 0.25) is 0 Å². The van der Waals surface area contributed by atoms with E-state index in [1.807, 2.05) is 0 Å². The molecule has 7 nitrogen and oxygen atoms in total. The van der Waals surface area contributed by atoms with Gasteiger partial charge in [-0.2, -0.15) is 5.10 Å². The second kappa shape index (κ2) is 6.25. The molecule has 0 fully saturated rings. The van der Waals surface area contributed by atoms with Gasteiger partial charge >= 0.3 is 6.16 Å². The minimum Gasteiger partial charge on any atom is -0.437 e. The normalized spacial score (nSPS) is 10.2. The molecule has 2 aromatic rings. The molecule has 2 rings (SSSR count). The number of halogens is 1. The van der Waals surface area contributed by atoms with Crippen molar-refractivity contribution in [3.63, 3.8) is 0 Å². The Balaban J connectivity index is 2.21. The maximum atomic E-state index is 13.8. The average Bonchev–Trinajstić information content (AvgIpc) is 2.81. The number of nitrogens with one attached hydrogen (secondary N) is 1. The van der Waals surface area contributed by atoms with Crippen molar-refractivity contribution in [1.29, 1.82) is 0 Å². The Kier molecular flexibility index (Phi) is 4.40. The molecule has 1 aromatic carbocycles. The summed E-state index contributed by atoms with van der Waals surface area (Å²) in [4.78, 5) is 23.2. The molecule has 1 aromatic heterocycles. The van der Waals surface area contributed by atoms with Crippen molar-refractivity contribution in [2.75, 3.05) is 12.4 Å².